The highest BCUT2D eigenvalue weighted by Gasteiger charge is 2.23. The fourth-order valence-electron chi connectivity index (χ4n) is 3.00. The lowest BCUT2D eigenvalue weighted by Crippen LogP contribution is -2.35. The van der Waals surface area contributed by atoms with E-state index in [2.05, 4.69) is 16.0 Å². The first kappa shape index (κ1) is 16.5. The van der Waals surface area contributed by atoms with Crippen molar-refractivity contribution < 1.29 is 4.79 Å². The average Bonchev–Trinajstić information content (AvgIpc) is 2.79. The summed E-state index contributed by atoms with van der Waals surface area (Å²) in [6.45, 7) is 7.02. The summed E-state index contributed by atoms with van der Waals surface area (Å²) in [7, 11) is 0. The lowest BCUT2D eigenvalue weighted by atomic mass is 10.2. The van der Waals surface area contributed by atoms with Crippen molar-refractivity contribution in [1.29, 1.82) is 5.26 Å². The van der Waals surface area contributed by atoms with Gasteiger partial charge in [0.05, 0.1) is 22.3 Å². The lowest BCUT2D eigenvalue weighted by Gasteiger charge is -2.23. The molecule has 1 aliphatic rings. The molecule has 0 spiro atoms. The molecule has 0 aliphatic carbocycles. The molecule has 0 atom stereocenters. The fourth-order valence-corrected chi connectivity index (χ4v) is 3.89. The number of aryl methyl sites for hydroxylation is 2. The number of carbonyl (C=O) groups excluding carboxylic acids is 1. The van der Waals surface area contributed by atoms with Crippen LogP contribution >= 0.6 is 11.3 Å². The molecule has 1 aromatic carbocycles. The van der Waals surface area contributed by atoms with Gasteiger partial charge in [0, 0.05) is 31.9 Å². The van der Waals surface area contributed by atoms with Crippen LogP contribution in [-0.4, -0.2) is 42.0 Å². The Morgan fingerprint density at radius 1 is 1.17 bits per heavy atom. The van der Waals surface area contributed by atoms with Crippen LogP contribution in [0.3, 0.4) is 0 Å². The van der Waals surface area contributed by atoms with Gasteiger partial charge in [0.15, 0.2) is 0 Å². The maximum absolute atomic E-state index is 12.8. The SMILES string of the molecule is Cc1nc(C)c(C(=O)N2CCCN(c3ccc(C#N)cc3)CC2)s1. The van der Waals surface area contributed by atoms with E-state index in [1.807, 2.05) is 43.0 Å². The Morgan fingerprint density at radius 2 is 1.92 bits per heavy atom. The lowest BCUT2D eigenvalue weighted by molar-refractivity contribution is 0.0771. The van der Waals surface area contributed by atoms with E-state index in [-0.39, 0.29) is 5.91 Å². The van der Waals surface area contributed by atoms with Crippen molar-refractivity contribution in [2.24, 2.45) is 0 Å². The van der Waals surface area contributed by atoms with E-state index >= 15 is 0 Å². The van der Waals surface area contributed by atoms with Gasteiger partial charge in [-0.2, -0.15) is 5.26 Å². The third-order valence-corrected chi connectivity index (χ3v) is 5.30. The average molecular weight is 340 g/mol. The number of hydrogen-bond acceptors (Lipinski definition) is 5. The largest absolute Gasteiger partial charge is 0.370 e. The number of benzene rings is 1. The molecule has 1 saturated heterocycles. The highest BCUT2D eigenvalue weighted by atomic mass is 32.1. The fraction of sp³-hybridized carbons (Fsp3) is 0.389. The number of anilines is 1. The van der Waals surface area contributed by atoms with E-state index in [4.69, 9.17) is 5.26 Å². The Bertz CT molecular complexity index is 775. The van der Waals surface area contributed by atoms with E-state index in [0.717, 1.165) is 47.3 Å². The van der Waals surface area contributed by atoms with E-state index in [1.54, 1.807) is 0 Å². The minimum absolute atomic E-state index is 0.0970. The van der Waals surface area contributed by atoms with Crippen molar-refractivity contribution in [1.82, 2.24) is 9.88 Å². The molecule has 124 valence electrons. The number of aromatic nitrogens is 1. The van der Waals surface area contributed by atoms with Crippen molar-refractivity contribution in [2.45, 2.75) is 20.3 Å². The summed E-state index contributed by atoms with van der Waals surface area (Å²) in [5, 5.41) is 9.84. The van der Waals surface area contributed by atoms with Crippen molar-refractivity contribution in [3.05, 3.63) is 45.4 Å². The van der Waals surface area contributed by atoms with E-state index < -0.39 is 0 Å². The van der Waals surface area contributed by atoms with Crippen LogP contribution in [0.1, 0.15) is 32.4 Å². The molecular weight excluding hydrogens is 320 g/mol. The molecule has 0 unspecified atom stereocenters. The number of amides is 1. The van der Waals surface area contributed by atoms with Gasteiger partial charge in [-0.15, -0.1) is 11.3 Å². The molecule has 1 aliphatic heterocycles. The summed E-state index contributed by atoms with van der Waals surface area (Å²) in [4.78, 5) is 22.1. The molecule has 2 heterocycles. The quantitative estimate of drug-likeness (QED) is 0.843. The van der Waals surface area contributed by atoms with Gasteiger partial charge in [0.2, 0.25) is 0 Å². The molecule has 1 fully saturated rings. The molecule has 5 nitrogen and oxygen atoms in total. The van der Waals surface area contributed by atoms with Crippen LogP contribution in [0.2, 0.25) is 0 Å². The van der Waals surface area contributed by atoms with Crippen LogP contribution in [0.25, 0.3) is 0 Å². The van der Waals surface area contributed by atoms with E-state index in [0.29, 0.717) is 12.1 Å². The van der Waals surface area contributed by atoms with Gasteiger partial charge in [-0.3, -0.25) is 4.79 Å². The van der Waals surface area contributed by atoms with Crippen molar-refractivity contribution in [3.8, 4) is 6.07 Å². The normalized spacial score (nSPS) is 15.0. The topological polar surface area (TPSA) is 60.2 Å². The summed E-state index contributed by atoms with van der Waals surface area (Å²) in [6.07, 6.45) is 0.933. The van der Waals surface area contributed by atoms with Crippen molar-refractivity contribution in [3.63, 3.8) is 0 Å². The predicted molar refractivity (Wildman–Crippen MR) is 95.5 cm³/mol. The zero-order chi connectivity index (χ0) is 17.1. The molecule has 0 saturated carbocycles. The summed E-state index contributed by atoms with van der Waals surface area (Å²) < 4.78 is 0. The number of hydrogen-bond donors (Lipinski definition) is 0. The number of thiazole rings is 1. The third-order valence-electron chi connectivity index (χ3n) is 4.24. The first-order chi connectivity index (χ1) is 11.6. The molecule has 3 rings (SSSR count). The third kappa shape index (κ3) is 3.41. The van der Waals surface area contributed by atoms with Crippen LogP contribution in [0.5, 0.6) is 0 Å². The van der Waals surface area contributed by atoms with Crippen LogP contribution in [-0.2, 0) is 0 Å². The predicted octanol–water partition coefficient (Wildman–Crippen LogP) is 2.98. The van der Waals surface area contributed by atoms with E-state index in [9.17, 15) is 4.79 Å². The second-order valence-corrected chi connectivity index (χ2v) is 7.14. The van der Waals surface area contributed by atoms with Gasteiger partial charge in [-0.25, -0.2) is 4.98 Å². The number of carbonyl (C=O) groups is 1. The van der Waals surface area contributed by atoms with Crippen LogP contribution in [0.4, 0.5) is 5.69 Å². The molecule has 0 radical (unpaired) electrons. The van der Waals surface area contributed by atoms with E-state index in [1.165, 1.54) is 11.3 Å². The smallest absolute Gasteiger partial charge is 0.265 e. The molecule has 1 amide bonds. The Kier molecular flexibility index (Phi) is 4.81. The van der Waals surface area contributed by atoms with Crippen LogP contribution in [0.15, 0.2) is 24.3 Å². The second-order valence-electron chi connectivity index (χ2n) is 5.94. The molecule has 1 aromatic heterocycles. The first-order valence-corrected chi connectivity index (χ1v) is 8.88. The highest BCUT2D eigenvalue weighted by molar-refractivity contribution is 7.13. The molecule has 0 bridgehead atoms. The molecule has 24 heavy (non-hydrogen) atoms. The summed E-state index contributed by atoms with van der Waals surface area (Å²) in [5.74, 6) is 0.0970. The maximum Gasteiger partial charge on any atom is 0.265 e. The van der Waals surface area contributed by atoms with Crippen molar-refractivity contribution >= 4 is 22.9 Å². The summed E-state index contributed by atoms with van der Waals surface area (Å²) >= 11 is 1.48. The second kappa shape index (κ2) is 7.02. The standard InChI is InChI=1S/C18H20N4OS/c1-13-17(24-14(2)20-13)18(23)22-9-3-8-21(10-11-22)16-6-4-15(12-19)5-7-16/h4-7H,3,8-11H2,1-2H3. The van der Waals surface area contributed by atoms with Gasteiger partial charge < -0.3 is 9.80 Å². The Hall–Kier alpha value is -2.39. The van der Waals surface area contributed by atoms with Gasteiger partial charge in [-0.1, -0.05) is 0 Å². The van der Waals surface area contributed by atoms with Crippen LogP contribution in [0, 0.1) is 25.2 Å². The number of nitriles is 1. The highest BCUT2D eigenvalue weighted by Crippen LogP contribution is 2.22. The first-order valence-electron chi connectivity index (χ1n) is 8.07. The van der Waals surface area contributed by atoms with Gasteiger partial charge >= 0.3 is 0 Å². The summed E-state index contributed by atoms with van der Waals surface area (Å²) in [6, 6.07) is 9.78. The Labute approximate surface area is 146 Å². The van der Waals surface area contributed by atoms with Crippen molar-refractivity contribution in [2.75, 3.05) is 31.1 Å². The monoisotopic (exact) mass is 340 g/mol. The zero-order valence-electron chi connectivity index (χ0n) is 14.0. The summed E-state index contributed by atoms with van der Waals surface area (Å²) in [5.41, 5.74) is 2.60. The zero-order valence-corrected chi connectivity index (χ0v) is 14.8. The Balaban J connectivity index is 1.69. The minimum atomic E-state index is 0.0970. The van der Waals surface area contributed by atoms with Gasteiger partial charge in [0.1, 0.15) is 4.88 Å². The van der Waals surface area contributed by atoms with Crippen LogP contribution < -0.4 is 4.90 Å². The molecule has 2 aromatic rings. The van der Waals surface area contributed by atoms with Gasteiger partial charge in [-0.05, 0) is 44.5 Å². The van der Waals surface area contributed by atoms with Gasteiger partial charge in [0.25, 0.3) is 5.91 Å². The number of nitrogens with zero attached hydrogens (tertiary/aromatic N) is 4. The Morgan fingerprint density at radius 3 is 2.54 bits per heavy atom. The molecule has 6 heteroatoms. The maximum atomic E-state index is 12.8. The molecule has 0 N–H and O–H groups in total. The minimum Gasteiger partial charge on any atom is -0.370 e. The molecular formula is C18H20N4OS. The number of rotatable bonds is 2.